The number of H-pyrrole nitrogens is 1. The number of carbonyl (C=O) groups is 5. The number of fused-ring (bicyclic) bond motifs is 15. The lowest BCUT2D eigenvalue weighted by Gasteiger charge is -2.52. The molecule has 13 aliphatic rings. The van der Waals surface area contributed by atoms with Gasteiger partial charge in [-0.3, -0.25) is 4.79 Å². The highest BCUT2D eigenvalue weighted by Crippen LogP contribution is 2.62. The number of allylic oxidation sites excluding steroid dienone is 12. The van der Waals surface area contributed by atoms with Crippen LogP contribution in [0.1, 0.15) is 214 Å². The van der Waals surface area contributed by atoms with Crippen molar-refractivity contribution in [3.05, 3.63) is 285 Å². The van der Waals surface area contributed by atoms with Crippen molar-refractivity contribution in [1.82, 2.24) is 34.4 Å². The van der Waals surface area contributed by atoms with Crippen molar-refractivity contribution < 1.29 is 24.0 Å². The Morgan fingerprint density at radius 3 is 1.55 bits per heavy atom. The Balaban J connectivity index is 0.000000131. The molecule has 10 aliphatic carbocycles. The minimum Gasteiger partial charge on any atom is -0.356 e. The van der Waals surface area contributed by atoms with E-state index >= 15 is 0 Å². The second-order valence-corrected chi connectivity index (χ2v) is 37.8. The van der Waals surface area contributed by atoms with Gasteiger partial charge < -0.3 is 43.7 Å². The number of ketones is 5. The van der Waals surface area contributed by atoms with E-state index in [-0.39, 0.29) is 123 Å². The van der Waals surface area contributed by atoms with Crippen molar-refractivity contribution in [2.24, 2.45) is 78.5 Å². The average Bonchev–Trinajstić information content (AvgIpc) is 1.70. The molecule has 121 heavy (non-hydrogen) atoms. The Morgan fingerprint density at radius 2 is 0.967 bits per heavy atom. The first-order valence-electron chi connectivity index (χ1n) is 42.3. The maximum absolute atomic E-state index is 12.7. The van der Waals surface area contributed by atoms with Gasteiger partial charge in [-0.25, -0.2) is 48.7 Å². The van der Waals surface area contributed by atoms with Gasteiger partial charge in [-0.1, -0.05) is 183 Å². The monoisotopic (exact) mass is 1620 g/mol. The number of Topliss-reactive ketones (excluding diaryl/α,β-unsaturated/α-hetero) is 5. The molecule has 0 spiro atoms. The summed E-state index contributed by atoms with van der Waals surface area (Å²) in [6.07, 6.45) is 23.9. The van der Waals surface area contributed by atoms with Crippen LogP contribution in [0.15, 0.2) is 188 Å². The van der Waals surface area contributed by atoms with Crippen molar-refractivity contribution in [1.29, 1.82) is 0 Å². The van der Waals surface area contributed by atoms with Gasteiger partial charge in [-0.15, -0.1) is 0 Å². The van der Waals surface area contributed by atoms with E-state index in [9.17, 15) is 28.8 Å². The molecule has 4 aromatic heterocycles. The second-order valence-electron chi connectivity index (χ2n) is 37.8. The molecule has 624 valence electrons. The number of nitrogens with one attached hydrogen (secondary N) is 1. The molecule has 0 radical (unpaired) electrons. The SMILES string of the molecule is C.[C-]#[N+]C1=C[C@]2(C)C3=C(CC[C@H]2C(C)(C)C1=O)C(=C)N(C)C(C)=N3.[C-]#[N+]C1=C[C@]2(C)C3=C(CC[C@H]2[C@H](C)C1=O)C(=C)N(C)C(c1ccccc1)=N3.[C-]#[N+]C1=C[C@]2(C)c3[nH]c(=O)ccc3CC[C@H]2C(C)(C)C1=O.[C-]#[N+]C1=C[C@]2(C)c3c(ccc4ccnn34)CC[C@H]2C(C)(C)C1=O.[C-]#[N+]C1=C[C@]2(C)c3nc(C)nc(N4CCCCC4)c3CC[C@H]2[C@H](C)C1=O. The lowest BCUT2D eigenvalue weighted by molar-refractivity contribution is -0.129. The van der Waals surface area contributed by atoms with Crippen LogP contribution >= 0.6 is 0 Å². The highest BCUT2D eigenvalue weighted by Gasteiger charge is 2.59. The van der Waals surface area contributed by atoms with Gasteiger partial charge in [-0.2, -0.15) is 5.10 Å². The number of hydrogen-bond donors (Lipinski definition) is 1. The summed E-state index contributed by atoms with van der Waals surface area (Å²) in [7, 11) is 3.98. The quantitative estimate of drug-likeness (QED) is 0.163. The summed E-state index contributed by atoms with van der Waals surface area (Å²) in [5.74, 6) is 3.96. The Bertz CT molecular complexity index is 5900. The second kappa shape index (κ2) is 31.6. The molecule has 12 atom stereocenters. The predicted octanol–water partition coefficient (Wildman–Crippen LogP) is 19.0. The molecule has 1 N–H and O–H groups in total. The first-order chi connectivity index (χ1) is 56.7. The van der Waals surface area contributed by atoms with Crippen LogP contribution in [0.3, 0.4) is 0 Å². The van der Waals surface area contributed by atoms with Gasteiger partial charge >= 0.3 is 0 Å². The van der Waals surface area contributed by atoms with E-state index in [2.05, 4.69) is 97.1 Å². The van der Waals surface area contributed by atoms with Gasteiger partial charge in [0.25, 0.3) is 0 Å². The number of rotatable bonds is 2. The van der Waals surface area contributed by atoms with E-state index in [1.54, 1.807) is 18.3 Å². The van der Waals surface area contributed by atoms with Crippen LogP contribution in [-0.4, -0.2) is 102 Å². The summed E-state index contributed by atoms with van der Waals surface area (Å²) in [6.45, 7) is 77.9. The Morgan fingerprint density at radius 1 is 0.496 bits per heavy atom. The zero-order valence-electron chi connectivity index (χ0n) is 72.5. The number of aromatic nitrogens is 5. The van der Waals surface area contributed by atoms with E-state index in [1.807, 2.05) is 166 Å². The summed E-state index contributed by atoms with van der Waals surface area (Å²) in [6, 6.07) is 19.7. The summed E-state index contributed by atoms with van der Waals surface area (Å²) >= 11 is 0. The van der Waals surface area contributed by atoms with Crippen LogP contribution in [0.4, 0.5) is 5.82 Å². The van der Waals surface area contributed by atoms with Crippen LogP contribution in [0.5, 0.6) is 0 Å². The number of piperidine rings is 1. The largest absolute Gasteiger partial charge is 0.356 e. The summed E-state index contributed by atoms with van der Waals surface area (Å²) in [4.78, 5) is 121. The van der Waals surface area contributed by atoms with Gasteiger partial charge in [0.1, 0.15) is 23.3 Å². The van der Waals surface area contributed by atoms with Gasteiger partial charge in [0.05, 0.1) is 61.2 Å². The highest BCUT2D eigenvalue weighted by atomic mass is 16.2. The summed E-state index contributed by atoms with van der Waals surface area (Å²) in [5, 5.41) is 4.51. The number of hydrogen-bond acceptors (Lipinski definition) is 14. The van der Waals surface area contributed by atoms with Crippen LogP contribution in [0, 0.1) is 108 Å². The Hall–Kier alpha value is -11.9. The van der Waals surface area contributed by atoms with Crippen LogP contribution in [-0.2, 0) is 59.5 Å². The molecule has 1 fully saturated rings. The van der Waals surface area contributed by atoms with E-state index < -0.39 is 32.5 Å². The number of aryl methyl sites for hydroxylation is 3. The van der Waals surface area contributed by atoms with Crippen molar-refractivity contribution in [2.45, 2.75) is 211 Å². The fourth-order valence-electron chi connectivity index (χ4n) is 23.5. The first-order valence-corrected chi connectivity index (χ1v) is 42.3. The molecule has 5 aromatic rings. The van der Waals surface area contributed by atoms with Crippen LogP contribution in [0.2, 0.25) is 0 Å². The number of aromatic amines is 1. The van der Waals surface area contributed by atoms with Crippen molar-refractivity contribution in [3.63, 3.8) is 0 Å². The number of likely N-dealkylation sites (N-methyl/N-ethyl adjacent to an activating group) is 2. The van der Waals surface area contributed by atoms with Crippen molar-refractivity contribution in [3.8, 4) is 0 Å². The summed E-state index contributed by atoms with van der Waals surface area (Å²) in [5.41, 5.74) is 12.4. The van der Waals surface area contributed by atoms with Gasteiger partial charge in [0.15, 0.2) is 28.9 Å². The zero-order valence-corrected chi connectivity index (χ0v) is 72.5. The minimum atomic E-state index is -0.589. The molecular weight excluding hydrogens is 1510 g/mol. The van der Waals surface area contributed by atoms with E-state index in [4.69, 9.17) is 52.8 Å². The third-order valence-electron chi connectivity index (χ3n) is 30.0. The molecular formula is C100H113N15O6. The molecule has 0 amide bonds. The molecule has 21 heteroatoms. The fourth-order valence-corrected chi connectivity index (χ4v) is 23.5. The van der Waals surface area contributed by atoms with E-state index in [0.29, 0.717) is 0 Å². The highest BCUT2D eigenvalue weighted by molar-refractivity contribution is 6.06. The molecule has 1 aromatic carbocycles. The first kappa shape index (κ1) is 87.0. The number of benzene rings is 1. The predicted molar refractivity (Wildman–Crippen MR) is 473 cm³/mol. The molecule has 18 rings (SSSR count). The molecule has 3 aliphatic heterocycles. The molecule has 1 saturated heterocycles. The van der Waals surface area contributed by atoms with Gasteiger partial charge in [-0.05, 0) is 161 Å². The number of anilines is 1. The molecule has 0 bridgehead atoms. The fraction of sp³-hybridized carbons (Fsp3) is 0.480. The number of pyridine rings is 2. The van der Waals surface area contributed by atoms with Gasteiger partial charge in [0, 0.05) is 123 Å². The van der Waals surface area contributed by atoms with Crippen molar-refractivity contribution in [2.75, 3.05) is 32.1 Å². The standard InChI is InChI=1S/C23H23N3O.C21H26N4O.C19H19N3O.C19H23N3O.C17H18N2O2.CH4/c1-14-18-12-11-17-15(2)26(5)22(16-9-7-6-8-10-16)25-21(17)23(18,3)13-19(24-4)20(14)27;1-13-16-9-8-15-19(21(16,3)12-17(22-4)18(13)26)23-14(2)24-20(15)25-10-6-5-7-11-25;1-18(2)15-8-6-12-5-7-13-9-10-21-22(13)16(12)19(15,3)11-14(20-4)17(18)23;1-11-13-8-9-15-18(3,4)17(23)14(20-6)10-19(15,5)16(13)21-12(2)22(11)7;1-16(2)12-7-5-10-6-8-13(20)19-14(10)17(12,3)9-11(18-4)15(16)21;/h6-10,13-14,18H,2,11-12H2,1,3,5H3;12-13,16H,5-11H2,1-3H3;5,7,9-11,15H,6,8H2,1-3H3;10,15H,1,8-9H2,2-5,7H3;6,8-9,12H,5,7H2,1-3H3,(H,19,20);1H4/t14-,18-,23-;13-,16-,21-;2*15-,19-;12-,17-;/m00000./s1. The smallest absolute Gasteiger partial charge is 0.248 e. The third kappa shape index (κ3) is 13.9. The lowest BCUT2D eigenvalue weighted by Crippen LogP contribution is -2.51. The Labute approximate surface area is 713 Å². The maximum atomic E-state index is 12.7. The minimum absolute atomic E-state index is 0. The molecule has 21 nitrogen and oxygen atoms in total. The maximum Gasteiger partial charge on any atom is 0.248 e. The Kier molecular flexibility index (Phi) is 22.7. The number of nitrogens with zero attached hydrogens (tertiary/aromatic N) is 14. The number of carbonyl (C=O) groups excluding carboxylic acids is 5. The summed E-state index contributed by atoms with van der Waals surface area (Å²) < 4.78 is 1.99. The molecule has 0 unspecified atom stereocenters. The zero-order chi connectivity index (χ0) is 86.8. The van der Waals surface area contributed by atoms with E-state index in [0.717, 1.165) is 163 Å². The van der Waals surface area contributed by atoms with Gasteiger partial charge in [0.2, 0.25) is 34.0 Å². The van der Waals surface area contributed by atoms with Crippen molar-refractivity contribution >= 4 is 51.9 Å². The number of amidine groups is 2. The number of aliphatic imine (C=N–C) groups is 2. The third-order valence-corrected chi connectivity index (χ3v) is 30.0. The molecule has 7 heterocycles. The normalized spacial score (nSPS) is 30.2. The van der Waals surface area contributed by atoms with Crippen LogP contribution < -0.4 is 10.5 Å². The van der Waals surface area contributed by atoms with Crippen LogP contribution in [0.25, 0.3) is 29.7 Å². The topological polar surface area (TPSA) is 218 Å². The van der Waals surface area contributed by atoms with E-state index in [1.165, 1.54) is 36.0 Å². The lowest BCUT2D eigenvalue weighted by atomic mass is 9.53. The molecule has 0 saturated carbocycles. The average molecular weight is 1620 g/mol.